The maximum Gasteiger partial charge on any atom is 0.359 e. The number of hydrogen-bond donors (Lipinski definition) is 0. The summed E-state index contributed by atoms with van der Waals surface area (Å²) in [6, 6.07) is 0. The smallest absolute Gasteiger partial charge is 0.307 e. The summed E-state index contributed by atoms with van der Waals surface area (Å²) >= 11 is 1.15. The van der Waals surface area contributed by atoms with Crippen LogP contribution in [-0.4, -0.2) is 36.9 Å². The Morgan fingerprint density at radius 2 is 1.22 bits per heavy atom. The molecule has 0 bridgehead atoms. The zero-order valence-electron chi connectivity index (χ0n) is 14.9. The molecule has 0 fully saturated rings. The van der Waals surface area contributed by atoms with Crippen LogP contribution in [0.15, 0.2) is 12.2 Å². The van der Waals surface area contributed by atoms with Crippen molar-refractivity contribution in [3.8, 4) is 0 Å². The van der Waals surface area contributed by atoms with Crippen LogP contribution in [0.2, 0.25) is 0 Å². The predicted octanol–water partition coefficient (Wildman–Crippen LogP) is 5.50. The number of thioether (sulfide) groups is 1. The molecule has 0 spiro atoms. The van der Waals surface area contributed by atoms with Crippen LogP contribution in [0.4, 0.5) is 0 Å². The molecule has 6 nitrogen and oxygen atoms in total. The van der Waals surface area contributed by atoms with Crippen LogP contribution in [-0.2, 0) is 27.2 Å². The SMILES string of the molecule is C/C=C/CC(SC)(P(=O)(OCC)OCC)P(=O)(OCC)OCC. The highest BCUT2D eigenvalue weighted by Gasteiger charge is 2.64. The average Bonchev–Trinajstić information content (AvgIpc) is 2.49. The van der Waals surface area contributed by atoms with Gasteiger partial charge in [0.1, 0.15) is 0 Å². The highest BCUT2D eigenvalue weighted by atomic mass is 32.2. The van der Waals surface area contributed by atoms with Gasteiger partial charge in [-0.2, -0.15) is 0 Å². The van der Waals surface area contributed by atoms with E-state index in [0.29, 0.717) is 0 Å². The third kappa shape index (κ3) is 5.18. The Labute approximate surface area is 144 Å². The molecule has 0 saturated heterocycles. The minimum absolute atomic E-state index is 0.174. The molecule has 0 aromatic carbocycles. The third-order valence-electron chi connectivity index (χ3n) is 3.00. The molecule has 138 valence electrons. The van der Waals surface area contributed by atoms with E-state index in [1.807, 2.05) is 6.92 Å². The average molecular weight is 388 g/mol. The lowest BCUT2D eigenvalue weighted by Gasteiger charge is -2.40. The summed E-state index contributed by atoms with van der Waals surface area (Å²) in [5.41, 5.74) is 0. The summed E-state index contributed by atoms with van der Waals surface area (Å²) in [7, 11) is -7.55. The van der Waals surface area contributed by atoms with Gasteiger partial charge in [-0.3, -0.25) is 9.13 Å². The molecule has 0 rings (SSSR count). The quantitative estimate of drug-likeness (QED) is 0.305. The fraction of sp³-hybridized carbons (Fsp3) is 0.857. The highest BCUT2D eigenvalue weighted by Crippen LogP contribution is 2.82. The second kappa shape index (κ2) is 11.1. The lowest BCUT2D eigenvalue weighted by Crippen LogP contribution is -2.29. The van der Waals surface area contributed by atoms with Crippen LogP contribution in [0.1, 0.15) is 41.0 Å². The van der Waals surface area contributed by atoms with Gasteiger partial charge in [-0.05, 0) is 40.9 Å². The zero-order chi connectivity index (χ0) is 18.0. The molecule has 23 heavy (non-hydrogen) atoms. The van der Waals surface area contributed by atoms with E-state index >= 15 is 0 Å². The van der Waals surface area contributed by atoms with Crippen LogP contribution >= 0.6 is 27.0 Å². The molecule has 0 aliphatic heterocycles. The standard InChI is InChI=1S/C14H30O6P2S/c1-7-12-13-14(23-6,21(15,17-8-2)18-9-3)22(16,19-10-4)20-11-5/h7,12H,8-11,13H2,1-6H3/b12-7+. The lowest BCUT2D eigenvalue weighted by molar-refractivity contribution is 0.191. The van der Waals surface area contributed by atoms with Gasteiger partial charge < -0.3 is 18.1 Å². The largest absolute Gasteiger partial charge is 0.359 e. The van der Waals surface area contributed by atoms with Gasteiger partial charge in [-0.25, -0.2) is 0 Å². The molecule has 0 N–H and O–H groups in total. The molecular formula is C14H30O6P2S. The topological polar surface area (TPSA) is 71.1 Å². The molecule has 0 unspecified atom stereocenters. The summed E-state index contributed by atoms with van der Waals surface area (Å²) in [6.07, 6.45) is 5.50. The molecule has 0 aromatic rings. The number of hydrogen-bond acceptors (Lipinski definition) is 7. The first-order valence-electron chi connectivity index (χ1n) is 7.81. The molecule has 9 heteroatoms. The number of rotatable bonds is 13. The second-order valence-corrected chi connectivity index (χ2v) is 11.0. The molecule has 0 aliphatic rings. The van der Waals surface area contributed by atoms with Gasteiger partial charge in [0.25, 0.3) is 0 Å². The fourth-order valence-electron chi connectivity index (χ4n) is 2.11. The molecule has 0 aromatic heterocycles. The van der Waals surface area contributed by atoms with Gasteiger partial charge in [-0.1, -0.05) is 12.2 Å². The van der Waals surface area contributed by atoms with Crippen LogP contribution in [0.25, 0.3) is 0 Å². The zero-order valence-corrected chi connectivity index (χ0v) is 17.5. The minimum atomic E-state index is -3.77. The molecule has 0 radical (unpaired) electrons. The van der Waals surface area contributed by atoms with E-state index < -0.39 is 19.4 Å². The second-order valence-electron chi connectivity index (χ2n) is 4.39. The summed E-state index contributed by atoms with van der Waals surface area (Å²) in [5, 5.41) is 0. The van der Waals surface area contributed by atoms with Gasteiger partial charge in [0.2, 0.25) is 4.23 Å². The molecule has 0 atom stereocenters. The van der Waals surface area contributed by atoms with Crippen LogP contribution in [0, 0.1) is 0 Å². The van der Waals surface area contributed by atoms with E-state index in [0.717, 1.165) is 11.8 Å². The van der Waals surface area contributed by atoms with Crippen molar-refractivity contribution < 1.29 is 27.2 Å². The highest BCUT2D eigenvalue weighted by molar-refractivity contribution is 8.13. The van der Waals surface area contributed by atoms with Crippen LogP contribution in [0.5, 0.6) is 0 Å². The molecular weight excluding hydrogens is 358 g/mol. The lowest BCUT2D eigenvalue weighted by atomic mass is 10.4. The predicted molar refractivity (Wildman–Crippen MR) is 97.4 cm³/mol. The first-order chi connectivity index (χ1) is 10.9. The van der Waals surface area contributed by atoms with Crippen molar-refractivity contribution in [2.75, 3.05) is 32.7 Å². The van der Waals surface area contributed by atoms with Gasteiger partial charge in [0.15, 0.2) is 0 Å². The Morgan fingerprint density at radius 1 is 0.870 bits per heavy atom. The Balaban J connectivity index is 6.34. The van der Waals surface area contributed by atoms with Crippen molar-refractivity contribution in [1.29, 1.82) is 0 Å². The van der Waals surface area contributed by atoms with E-state index in [1.54, 1.807) is 46.1 Å². The van der Waals surface area contributed by atoms with E-state index in [4.69, 9.17) is 18.1 Å². The van der Waals surface area contributed by atoms with E-state index in [1.165, 1.54) is 0 Å². The molecule has 0 amide bonds. The summed E-state index contributed by atoms with van der Waals surface area (Å²) in [6.45, 7) is 9.42. The summed E-state index contributed by atoms with van der Waals surface area (Å²) < 4.78 is 47.7. The summed E-state index contributed by atoms with van der Waals surface area (Å²) in [4.78, 5) is 0. The van der Waals surface area contributed by atoms with Crippen molar-refractivity contribution in [3.05, 3.63) is 12.2 Å². The van der Waals surface area contributed by atoms with Crippen molar-refractivity contribution in [2.45, 2.75) is 45.3 Å². The van der Waals surface area contributed by atoms with E-state index in [-0.39, 0.29) is 32.8 Å². The van der Waals surface area contributed by atoms with E-state index in [2.05, 4.69) is 0 Å². The van der Waals surface area contributed by atoms with Gasteiger partial charge >= 0.3 is 15.2 Å². The van der Waals surface area contributed by atoms with E-state index in [9.17, 15) is 9.13 Å². The minimum Gasteiger partial charge on any atom is -0.307 e. The fourth-order valence-corrected chi connectivity index (χ4v) is 9.66. The normalized spacial score (nSPS) is 13.8. The van der Waals surface area contributed by atoms with Crippen molar-refractivity contribution >= 4 is 27.0 Å². The monoisotopic (exact) mass is 388 g/mol. The van der Waals surface area contributed by atoms with Crippen LogP contribution < -0.4 is 0 Å². The maximum atomic E-state index is 13.5. The maximum absolute atomic E-state index is 13.5. The molecule has 0 aliphatic carbocycles. The Kier molecular flexibility index (Phi) is 11.3. The van der Waals surface area contributed by atoms with Crippen molar-refractivity contribution in [2.24, 2.45) is 0 Å². The first-order valence-corrected chi connectivity index (χ1v) is 12.1. The van der Waals surface area contributed by atoms with Crippen LogP contribution in [0.3, 0.4) is 0 Å². The summed E-state index contributed by atoms with van der Waals surface area (Å²) in [5.74, 6) is 0. The third-order valence-corrected chi connectivity index (χ3v) is 12.2. The molecule has 0 saturated carbocycles. The molecule has 0 heterocycles. The van der Waals surface area contributed by atoms with Gasteiger partial charge in [-0.15, -0.1) is 11.8 Å². The number of allylic oxidation sites excluding steroid dienone is 2. The van der Waals surface area contributed by atoms with Crippen molar-refractivity contribution in [1.82, 2.24) is 0 Å². The Morgan fingerprint density at radius 3 is 1.43 bits per heavy atom. The first kappa shape index (κ1) is 23.4. The van der Waals surface area contributed by atoms with Gasteiger partial charge in [0.05, 0.1) is 26.4 Å². The van der Waals surface area contributed by atoms with Gasteiger partial charge in [0, 0.05) is 6.42 Å². The Bertz CT molecular complexity index is 405. The van der Waals surface area contributed by atoms with Crippen molar-refractivity contribution in [3.63, 3.8) is 0 Å². The Hall–Kier alpha value is 0.390.